The van der Waals surface area contributed by atoms with Crippen LogP contribution in [0.3, 0.4) is 0 Å². The van der Waals surface area contributed by atoms with Crippen molar-refractivity contribution in [3.8, 4) is 11.1 Å². The first-order valence-electron chi connectivity index (χ1n) is 9.49. The highest BCUT2D eigenvalue weighted by Crippen LogP contribution is 2.44. The SMILES string of the molecule is O=C(NC(CCc1ccsc1)C(=O)O)OCC1c2ccccc2-c2ccccc21. The first-order valence-corrected chi connectivity index (χ1v) is 10.4. The van der Waals surface area contributed by atoms with Gasteiger partial charge >= 0.3 is 12.1 Å². The summed E-state index contributed by atoms with van der Waals surface area (Å²) in [7, 11) is 0. The van der Waals surface area contributed by atoms with E-state index in [-0.39, 0.29) is 12.5 Å². The molecule has 0 spiro atoms. The molecule has 1 unspecified atom stereocenters. The molecular weight excluding hydrogens is 386 g/mol. The van der Waals surface area contributed by atoms with Crippen molar-refractivity contribution in [2.75, 3.05) is 6.61 Å². The standard InChI is InChI=1S/C23H21NO4S/c25-22(26)21(10-9-15-11-12-29-14-15)24-23(27)28-13-20-18-7-3-1-5-16(18)17-6-2-4-8-19(17)20/h1-8,11-12,14,20-21H,9-10,13H2,(H,24,27)(H,25,26). The Labute approximate surface area is 173 Å². The molecular formula is C23H21NO4S. The van der Waals surface area contributed by atoms with Crippen molar-refractivity contribution in [2.24, 2.45) is 0 Å². The second kappa shape index (κ2) is 8.49. The summed E-state index contributed by atoms with van der Waals surface area (Å²) in [5.41, 5.74) is 5.60. The molecule has 1 amide bonds. The average Bonchev–Trinajstić information content (AvgIpc) is 3.35. The molecule has 29 heavy (non-hydrogen) atoms. The molecule has 0 radical (unpaired) electrons. The summed E-state index contributed by atoms with van der Waals surface area (Å²) in [6.07, 6.45) is 0.199. The Morgan fingerprint density at radius 3 is 2.28 bits per heavy atom. The minimum atomic E-state index is -1.06. The number of benzene rings is 2. The molecule has 148 valence electrons. The van der Waals surface area contributed by atoms with E-state index in [1.807, 2.05) is 53.2 Å². The van der Waals surface area contributed by atoms with Crippen LogP contribution >= 0.6 is 11.3 Å². The first kappa shape index (κ1) is 19.2. The fourth-order valence-corrected chi connectivity index (χ4v) is 4.49. The predicted molar refractivity (Wildman–Crippen MR) is 112 cm³/mol. The zero-order valence-corrected chi connectivity index (χ0v) is 16.5. The Bertz CT molecular complexity index is 970. The van der Waals surface area contributed by atoms with Gasteiger partial charge in [-0.1, -0.05) is 48.5 Å². The molecule has 0 saturated heterocycles. The Balaban J connectivity index is 1.39. The van der Waals surface area contributed by atoms with Crippen molar-refractivity contribution in [3.05, 3.63) is 82.0 Å². The highest BCUT2D eigenvalue weighted by Gasteiger charge is 2.29. The second-order valence-corrected chi connectivity index (χ2v) is 7.81. The van der Waals surface area contributed by atoms with Gasteiger partial charge in [-0.05, 0) is 57.5 Å². The molecule has 3 aromatic rings. The van der Waals surface area contributed by atoms with Crippen molar-refractivity contribution >= 4 is 23.4 Å². The van der Waals surface area contributed by atoms with Gasteiger partial charge in [-0.15, -0.1) is 0 Å². The number of aliphatic carboxylic acids is 1. The number of thiophene rings is 1. The lowest BCUT2D eigenvalue weighted by Crippen LogP contribution is -2.41. The lowest BCUT2D eigenvalue weighted by Gasteiger charge is -2.17. The minimum absolute atomic E-state index is 0.0535. The Hall–Kier alpha value is -3.12. The number of carboxylic acid groups (broad SMARTS) is 1. The summed E-state index contributed by atoms with van der Waals surface area (Å²) >= 11 is 1.57. The number of carbonyl (C=O) groups excluding carboxylic acids is 1. The van der Waals surface area contributed by atoms with Crippen molar-refractivity contribution in [3.63, 3.8) is 0 Å². The van der Waals surface area contributed by atoms with E-state index in [1.165, 1.54) is 0 Å². The Morgan fingerprint density at radius 1 is 1.03 bits per heavy atom. The number of aryl methyl sites for hydroxylation is 1. The number of carbonyl (C=O) groups is 2. The Morgan fingerprint density at radius 2 is 1.69 bits per heavy atom. The largest absolute Gasteiger partial charge is 0.480 e. The summed E-state index contributed by atoms with van der Waals surface area (Å²) in [5, 5.41) is 15.8. The van der Waals surface area contributed by atoms with Gasteiger partial charge in [0.15, 0.2) is 0 Å². The third-order valence-corrected chi connectivity index (χ3v) is 5.97. The van der Waals surface area contributed by atoms with Crippen molar-refractivity contribution in [1.82, 2.24) is 5.32 Å². The van der Waals surface area contributed by atoms with Crippen molar-refractivity contribution in [1.29, 1.82) is 0 Å². The van der Waals surface area contributed by atoms with Crippen LogP contribution in [0.4, 0.5) is 4.79 Å². The van der Waals surface area contributed by atoms with E-state index < -0.39 is 18.1 Å². The smallest absolute Gasteiger partial charge is 0.407 e. The zero-order chi connectivity index (χ0) is 20.2. The molecule has 1 heterocycles. The fourth-order valence-electron chi connectivity index (χ4n) is 3.79. The molecule has 1 aliphatic rings. The molecule has 2 aromatic carbocycles. The van der Waals surface area contributed by atoms with E-state index in [9.17, 15) is 14.7 Å². The summed E-state index contributed by atoms with van der Waals surface area (Å²) in [6, 6.07) is 17.1. The fraction of sp³-hybridized carbons (Fsp3) is 0.217. The van der Waals surface area contributed by atoms with Gasteiger partial charge < -0.3 is 15.2 Å². The van der Waals surface area contributed by atoms with Gasteiger partial charge in [0, 0.05) is 5.92 Å². The summed E-state index contributed by atoms with van der Waals surface area (Å²) in [4.78, 5) is 23.8. The quantitative estimate of drug-likeness (QED) is 0.597. The molecule has 5 nitrogen and oxygen atoms in total. The zero-order valence-electron chi connectivity index (χ0n) is 15.7. The predicted octanol–water partition coefficient (Wildman–Crippen LogP) is 4.67. The number of amides is 1. The molecule has 1 aromatic heterocycles. The van der Waals surface area contributed by atoms with Gasteiger partial charge in [0.25, 0.3) is 0 Å². The normalized spacial score (nSPS) is 13.4. The van der Waals surface area contributed by atoms with E-state index >= 15 is 0 Å². The van der Waals surface area contributed by atoms with Crippen LogP contribution in [0, 0.1) is 0 Å². The summed E-state index contributed by atoms with van der Waals surface area (Å²) < 4.78 is 5.45. The summed E-state index contributed by atoms with van der Waals surface area (Å²) in [6.45, 7) is 0.163. The lowest BCUT2D eigenvalue weighted by molar-refractivity contribution is -0.139. The number of carboxylic acids is 1. The van der Waals surface area contributed by atoms with E-state index in [1.54, 1.807) is 11.3 Å². The molecule has 0 saturated carbocycles. The molecule has 2 N–H and O–H groups in total. The van der Waals surface area contributed by atoms with Gasteiger partial charge in [0.2, 0.25) is 0 Å². The number of rotatable bonds is 7. The third kappa shape index (κ3) is 4.17. The monoisotopic (exact) mass is 407 g/mol. The third-order valence-electron chi connectivity index (χ3n) is 5.24. The molecule has 0 aliphatic heterocycles. The van der Waals surface area contributed by atoms with Crippen LogP contribution in [0.2, 0.25) is 0 Å². The van der Waals surface area contributed by atoms with Crippen molar-refractivity contribution in [2.45, 2.75) is 24.8 Å². The molecule has 4 rings (SSSR count). The van der Waals surface area contributed by atoms with E-state index in [0.717, 1.165) is 27.8 Å². The van der Waals surface area contributed by atoms with Crippen LogP contribution in [0.5, 0.6) is 0 Å². The van der Waals surface area contributed by atoms with Gasteiger partial charge in [-0.25, -0.2) is 9.59 Å². The molecule has 1 aliphatic carbocycles. The number of fused-ring (bicyclic) bond motifs is 3. The summed E-state index contributed by atoms with van der Waals surface area (Å²) in [5.74, 6) is -1.11. The number of alkyl carbamates (subject to hydrolysis) is 1. The van der Waals surface area contributed by atoms with Gasteiger partial charge in [-0.2, -0.15) is 11.3 Å². The van der Waals surface area contributed by atoms with E-state index in [0.29, 0.717) is 12.8 Å². The van der Waals surface area contributed by atoms with Crippen LogP contribution in [-0.2, 0) is 16.0 Å². The van der Waals surface area contributed by atoms with E-state index in [2.05, 4.69) is 17.4 Å². The molecule has 0 bridgehead atoms. The minimum Gasteiger partial charge on any atom is -0.480 e. The number of ether oxygens (including phenoxy) is 1. The highest BCUT2D eigenvalue weighted by molar-refractivity contribution is 7.07. The topological polar surface area (TPSA) is 75.6 Å². The van der Waals surface area contributed by atoms with Crippen LogP contribution in [0.15, 0.2) is 65.4 Å². The van der Waals surface area contributed by atoms with Gasteiger partial charge in [-0.3, -0.25) is 0 Å². The maximum Gasteiger partial charge on any atom is 0.407 e. The maximum absolute atomic E-state index is 12.3. The van der Waals surface area contributed by atoms with Crippen LogP contribution < -0.4 is 5.32 Å². The average molecular weight is 407 g/mol. The van der Waals surface area contributed by atoms with Crippen LogP contribution in [0.25, 0.3) is 11.1 Å². The maximum atomic E-state index is 12.3. The van der Waals surface area contributed by atoms with Gasteiger partial charge in [0.1, 0.15) is 12.6 Å². The highest BCUT2D eigenvalue weighted by atomic mass is 32.1. The Kier molecular flexibility index (Phi) is 5.62. The number of nitrogens with one attached hydrogen (secondary N) is 1. The molecule has 6 heteroatoms. The lowest BCUT2D eigenvalue weighted by atomic mass is 9.98. The van der Waals surface area contributed by atoms with Gasteiger partial charge in [0.05, 0.1) is 0 Å². The van der Waals surface area contributed by atoms with E-state index in [4.69, 9.17) is 4.74 Å². The first-order chi connectivity index (χ1) is 14.1. The number of hydrogen-bond donors (Lipinski definition) is 2. The number of hydrogen-bond acceptors (Lipinski definition) is 4. The van der Waals surface area contributed by atoms with Crippen LogP contribution in [-0.4, -0.2) is 29.8 Å². The molecule has 1 atom stereocenters. The molecule has 0 fully saturated rings. The second-order valence-electron chi connectivity index (χ2n) is 7.03. The van der Waals surface area contributed by atoms with Crippen molar-refractivity contribution < 1.29 is 19.4 Å². The van der Waals surface area contributed by atoms with Crippen LogP contribution in [0.1, 0.15) is 29.0 Å².